The third kappa shape index (κ3) is 4.82. The van der Waals surface area contributed by atoms with Crippen molar-refractivity contribution >= 4 is 23.2 Å². The number of benzene rings is 2. The van der Waals surface area contributed by atoms with E-state index in [-0.39, 0.29) is 12.4 Å². The summed E-state index contributed by atoms with van der Waals surface area (Å²) in [5.41, 5.74) is 1.39. The summed E-state index contributed by atoms with van der Waals surface area (Å²) in [6, 6.07) is 18.2. The normalized spacial score (nSPS) is 11.0. The van der Waals surface area contributed by atoms with E-state index < -0.39 is 0 Å². The molecule has 2 heterocycles. The van der Waals surface area contributed by atoms with Gasteiger partial charge in [-0.3, -0.25) is 4.79 Å². The van der Waals surface area contributed by atoms with E-state index in [0.717, 1.165) is 16.2 Å². The number of rotatable bonds is 8. The predicted octanol–water partition coefficient (Wildman–Crippen LogP) is 5.28. The van der Waals surface area contributed by atoms with Crippen molar-refractivity contribution in [2.75, 3.05) is 7.11 Å². The summed E-state index contributed by atoms with van der Waals surface area (Å²) in [5.74, 6) is 2.08. The van der Waals surface area contributed by atoms with Gasteiger partial charge in [-0.2, -0.15) is 0 Å². The number of methoxy groups -OCH3 is 1. The second-order valence-corrected chi connectivity index (χ2v) is 7.23. The molecule has 0 amide bonds. The summed E-state index contributed by atoms with van der Waals surface area (Å²) in [5, 5.41) is 10.0. The summed E-state index contributed by atoms with van der Waals surface area (Å²) in [6.07, 6.45) is 3.38. The Hall–Kier alpha value is -3.71. The van der Waals surface area contributed by atoms with Gasteiger partial charge in [0.2, 0.25) is 5.89 Å². The number of thiophene rings is 1. The van der Waals surface area contributed by atoms with Crippen molar-refractivity contribution in [3.05, 3.63) is 88.5 Å². The minimum atomic E-state index is -0.0593. The number of ketones is 1. The van der Waals surface area contributed by atoms with Crippen molar-refractivity contribution in [2.24, 2.45) is 0 Å². The minimum absolute atomic E-state index is 0.0593. The number of aromatic nitrogens is 2. The van der Waals surface area contributed by atoms with Crippen LogP contribution in [0.15, 0.2) is 76.5 Å². The van der Waals surface area contributed by atoms with Crippen LogP contribution in [0.1, 0.15) is 21.1 Å². The Balaban J connectivity index is 1.34. The monoisotopic (exact) mass is 418 g/mol. The van der Waals surface area contributed by atoms with Gasteiger partial charge >= 0.3 is 0 Å². The second kappa shape index (κ2) is 9.19. The first-order valence-corrected chi connectivity index (χ1v) is 10.0. The van der Waals surface area contributed by atoms with E-state index >= 15 is 0 Å². The Morgan fingerprint density at radius 1 is 1.03 bits per heavy atom. The van der Waals surface area contributed by atoms with E-state index in [9.17, 15) is 4.79 Å². The lowest BCUT2D eigenvalue weighted by atomic mass is 10.1. The lowest BCUT2D eigenvalue weighted by molar-refractivity contribution is 0.104. The summed E-state index contributed by atoms with van der Waals surface area (Å²) < 4.78 is 16.5. The van der Waals surface area contributed by atoms with Crippen molar-refractivity contribution in [1.29, 1.82) is 0 Å². The van der Waals surface area contributed by atoms with E-state index in [1.807, 2.05) is 47.9 Å². The zero-order valence-corrected chi connectivity index (χ0v) is 17.0. The average Bonchev–Trinajstić information content (AvgIpc) is 3.49. The Kier molecular flexibility index (Phi) is 6.01. The molecule has 2 aromatic carbocycles. The third-order valence-corrected chi connectivity index (χ3v) is 5.08. The molecular formula is C23H18N2O4S. The number of allylic oxidation sites excluding steroid dienone is 1. The minimum Gasteiger partial charge on any atom is -0.497 e. The fourth-order valence-electron chi connectivity index (χ4n) is 2.66. The molecule has 0 radical (unpaired) electrons. The molecule has 0 unspecified atom stereocenters. The number of hydrogen-bond acceptors (Lipinski definition) is 7. The maximum atomic E-state index is 12.2. The number of hydrogen-bond donors (Lipinski definition) is 0. The van der Waals surface area contributed by atoms with Crippen LogP contribution in [0.4, 0.5) is 0 Å². The van der Waals surface area contributed by atoms with Crippen molar-refractivity contribution in [2.45, 2.75) is 6.61 Å². The van der Waals surface area contributed by atoms with Gasteiger partial charge in [-0.05, 0) is 72.1 Å². The van der Waals surface area contributed by atoms with Gasteiger partial charge in [0.25, 0.3) is 5.89 Å². The maximum absolute atomic E-state index is 12.2. The summed E-state index contributed by atoms with van der Waals surface area (Å²) in [6.45, 7) is 0.134. The molecule has 0 saturated carbocycles. The number of carbonyl (C=O) groups is 1. The largest absolute Gasteiger partial charge is 0.497 e. The highest BCUT2D eigenvalue weighted by molar-refractivity contribution is 7.10. The van der Waals surface area contributed by atoms with Crippen LogP contribution in [-0.4, -0.2) is 23.1 Å². The van der Waals surface area contributed by atoms with Crippen LogP contribution in [0.5, 0.6) is 11.5 Å². The first-order valence-electron chi connectivity index (χ1n) is 9.17. The first kappa shape index (κ1) is 19.6. The molecule has 0 aliphatic carbocycles. The van der Waals surface area contributed by atoms with E-state index in [1.165, 1.54) is 0 Å². The zero-order chi connectivity index (χ0) is 20.8. The molecule has 0 aliphatic heterocycles. The molecule has 0 N–H and O–H groups in total. The highest BCUT2D eigenvalue weighted by Gasteiger charge is 2.10. The number of ether oxygens (including phenoxy) is 2. The number of carbonyl (C=O) groups excluding carboxylic acids is 1. The summed E-state index contributed by atoms with van der Waals surface area (Å²) >= 11 is 1.58. The van der Waals surface area contributed by atoms with Crippen LogP contribution >= 0.6 is 11.3 Å². The SMILES string of the molecule is COc1ccc(-c2nnc(COc3ccc(C(=O)/C=C/c4cccs4)cc3)o2)cc1. The molecule has 4 rings (SSSR count). The van der Waals surface area contributed by atoms with Crippen LogP contribution in [0, 0.1) is 0 Å². The van der Waals surface area contributed by atoms with Crippen molar-refractivity contribution in [1.82, 2.24) is 10.2 Å². The topological polar surface area (TPSA) is 74.5 Å². The van der Waals surface area contributed by atoms with Gasteiger partial charge in [0, 0.05) is 16.0 Å². The lowest BCUT2D eigenvalue weighted by Gasteiger charge is -2.04. The van der Waals surface area contributed by atoms with Crippen LogP contribution in [0.3, 0.4) is 0 Å². The molecule has 0 fully saturated rings. The van der Waals surface area contributed by atoms with Gasteiger partial charge < -0.3 is 13.9 Å². The molecular weight excluding hydrogens is 400 g/mol. The van der Waals surface area contributed by atoms with Crippen LogP contribution in [0.2, 0.25) is 0 Å². The molecule has 2 aromatic heterocycles. The second-order valence-electron chi connectivity index (χ2n) is 6.26. The standard InChI is InChI=1S/C23H18N2O4S/c1-27-18-8-6-17(7-9-18)23-25-24-22(29-23)15-28-19-10-4-16(5-11-19)21(26)13-12-20-3-2-14-30-20/h2-14H,15H2,1H3/b13-12+. The maximum Gasteiger partial charge on any atom is 0.254 e. The molecule has 150 valence electrons. The van der Waals surface area contributed by atoms with Gasteiger partial charge in [-0.1, -0.05) is 6.07 Å². The first-order chi connectivity index (χ1) is 14.7. The van der Waals surface area contributed by atoms with Gasteiger partial charge in [-0.25, -0.2) is 0 Å². The average molecular weight is 418 g/mol. The van der Waals surface area contributed by atoms with E-state index in [2.05, 4.69) is 10.2 Å². The van der Waals surface area contributed by atoms with Crippen LogP contribution in [-0.2, 0) is 6.61 Å². The lowest BCUT2D eigenvalue weighted by Crippen LogP contribution is -1.97. The Morgan fingerprint density at radius 3 is 2.50 bits per heavy atom. The van der Waals surface area contributed by atoms with E-state index in [1.54, 1.807) is 48.8 Å². The summed E-state index contributed by atoms with van der Waals surface area (Å²) in [7, 11) is 1.61. The summed E-state index contributed by atoms with van der Waals surface area (Å²) in [4.78, 5) is 13.3. The van der Waals surface area contributed by atoms with Crippen LogP contribution < -0.4 is 9.47 Å². The van der Waals surface area contributed by atoms with Crippen molar-refractivity contribution in [3.63, 3.8) is 0 Å². The fourth-order valence-corrected chi connectivity index (χ4v) is 3.28. The molecule has 0 aliphatic rings. The quantitative estimate of drug-likeness (QED) is 0.286. The van der Waals surface area contributed by atoms with E-state index in [0.29, 0.717) is 23.1 Å². The van der Waals surface area contributed by atoms with Gasteiger partial charge in [0.15, 0.2) is 12.4 Å². The van der Waals surface area contributed by atoms with Gasteiger partial charge in [-0.15, -0.1) is 21.5 Å². The van der Waals surface area contributed by atoms with Gasteiger partial charge in [0.05, 0.1) is 7.11 Å². The Labute approximate surface area is 177 Å². The molecule has 0 bridgehead atoms. The molecule has 0 atom stereocenters. The molecule has 4 aromatic rings. The van der Waals surface area contributed by atoms with Crippen LogP contribution in [0.25, 0.3) is 17.5 Å². The van der Waals surface area contributed by atoms with Gasteiger partial charge in [0.1, 0.15) is 11.5 Å². The number of nitrogens with zero attached hydrogens (tertiary/aromatic N) is 2. The zero-order valence-electron chi connectivity index (χ0n) is 16.1. The Morgan fingerprint density at radius 2 is 1.80 bits per heavy atom. The predicted molar refractivity (Wildman–Crippen MR) is 115 cm³/mol. The highest BCUT2D eigenvalue weighted by atomic mass is 32.1. The molecule has 0 saturated heterocycles. The fraction of sp³-hybridized carbons (Fsp3) is 0.0870. The van der Waals surface area contributed by atoms with Crippen molar-refractivity contribution < 1.29 is 18.7 Å². The molecule has 30 heavy (non-hydrogen) atoms. The molecule has 0 spiro atoms. The van der Waals surface area contributed by atoms with Crippen molar-refractivity contribution in [3.8, 4) is 23.0 Å². The third-order valence-electron chi connectivity index (χ3n) is 4.25. The highest BCUT2D eigenvalue weighted by Crippen LogP contribution is 2.22. The smallest absolute Gasteiger partial charge is 0.254 e. The molecule has 6 nitrogen and oxygen atoms in total. The molecule has 7 heteroatoms. The Bertz CT molecular complexity index is 1130. The van der Waals surface area contributed by atoms with E-state index in [4.69, 9.17) is 13.9 Å².